The molecular weight excluding hydrogens is 264 g/mol. The van der Waals surface area contributed by atoms with Crippen LogP contribution in [0.2, 0.25) is 0 Å². The van der Waals surface area contributed by atoms with Crippen molar-refractivity contribution < 1.29 is 13.5 Å². The van der Waals surface area contributed by atoms with Crippen molar-refractivity contribution in [2.45, 2.75) is 19.8 Å². The zero-order valence-electron chi connectivity index (χ0n) is 11.3. The summed E-state index contributed by atoms with van der Waals surface area (Å²) in [6, 6.07) is 4.68. The Labute approximate surface area is 115 Å². The van der Waals surface area contributed by atoms with E-state index in [4.69, 9.17) is 4.74 Å². The molecule has 0 spiro atoms. The molecule has 1 heterocycles. The van der Waals surface area contributed by atoms with Crippen molar-refractivity contribution in [1.82, 2.24) is 9.97 Å². The Morgan fingerprint density at radius 1 is 1.20 bits per heavy atom. The molecule has 2 aromatic rings. The van der Waals surface area contributed by atoms with Gasteiger partial charge in [0.15, 0.2) is 11.6 Å². The molecule has 6 heteroatoms. The van der Waals surface area contributed by atoms with Gasteiger partial charge in [0, 0.05) is 25.6 Å². The van der Waals surface area contributed by atoms with E-state index in [2.05, 4.69) is 15.3 Å². The van der Waals surface area contributed by atoms with Crippen LogP contribution in [0.15, 0.2) is 24.3 Å². The number of anilines is 1. The number of benzene rings is 1. The van der Waals surface area contributed by atoms with E-state index in [-0.39, 0.29) is 11.6 Å². The summed E-state index contributed by atoms with van der Waals surface area (Å²) >= 11 is 0. The number of aryl methyl sites for hydroxylation is 1. The molecule has 0 saturated heterocycles. The molecule has 0 aliphatic carbocycles. The molecule has 2 rings (SSSR count). The van der Waals surface area contributed by atoms with Crippen LogP contribution in [0.3, 0.4) is 0 Å². The Morgan fingerprint density at radius 2 is 2.00 bits per heavy atom. The van der Waals surface area contributed by atoms with Gasteiger partial charge in [-0.3, -0.25) is 0 Å². The van der Waals surface area contributed by atoms with Crippen molar-refractivity contribution in [1.29, 1.82) is 0 Å². The molecule has 20 heavy (non-hydrogen) atoms. The molecule has 0 radical (unpaired) electrons. The molecule has 0 aliphatic rings. The van der Waals surface area contributed by atoms with Gasteiger partial charge in [-0.2, -0.15) is 4.98 Å². The van der Waals surface area contributed by atoms with Crippen molar-refractivity contribution in [3.05, 3.63) is 41.7 Å². The zero-order valence-corrected chi connectivity index (χ0v) is 11.3. The molecular formula is C14H15F2N3O. The average molecular weight is 279 g/mol. The van der Waals surface area contributed by atoms with E-state index in [0.29, 0.717) is 18.1 Å². The first kappa shape index (κ1) is 14.2. The second kappa shape index (κ2) is 6.27. The number of hydrogen-bond donors (Lipinski definition) is 1. The van der Waals surface area contributed by atoms with Crippen LogP contribution < -0.4 is 10.1 Å². The highest BCUT2D eigenvalue weighted by atomic mass is 19.1. The van der Waals surface area contributed by atoms with Gasteiger partial charge in [-0.1, -0.05) is 6.92 Å². The molecule has 1 N–H and O–H groups in total. The number of hydrogen-bond acceptors (Lipinski definition) is 4. The van der Waals surface area contributed by atoms with Crippen LogP contribution in [0.4, 0.5) is 14.6 Å². The number of nitrogens with zero attached hydrogens (tertiary/aromatic N) is 2. The minimum atomic E-state index is -0.772. The van der Waals surface area contributed by atoms with E-state index in [1.807, 2.05) is 6.92 Å². The summed E-state index contributed by atoms with van der Waals surface area (Å²) in [5.41, 5.74) is 0. The van der Waals surface area contributed by atoms with Crippen LogP contribution in [0, 0.1) is 11.6 Å². The van der Waals surface area contributed by atoms with E-state index in [0.717, 1.165) is 18.6 Å². The van der Waals surface area contributed by atoms with Gasteiger partial charge >= 0.3 is 0 Å². The fourth-order valence-electron chi connectivity index (χ4n) is 1.66. The number of aromatic nitrogens is 2. The van der Waals surface area contributed by atoms with Gasteiger partial charge in [0.25, 0.3) is 0 Å². The molecule has 106 valence electrons. The Bertz CT molecular complexity index is 605. The summed E-state index contributed by atoms with van der Waals surface area (Å²) in [6.45, 7) is 2.01. The van der Waals surface area contributed by atoms with Gasteiger partial charge in [-0.15, -0.1) is 0 Å². The number of nitrogens with one attached hydrogen (secondary N) is 1. The summed E-state index contributed by atoms with van der Waals surface area (Å²) in [7, 11) is 1.72. The lowest BCUT2D eigenvalue weighted by atomic mass is 10.3. The molecule has 0 bridgehead atoms. The van der Waals surface area contributed by atoms with E-state index in [9.17, 15) is 8.78 Å². The van der Waals surface area contributed by atoms with Crippen molar-refractivity contribution >= 4 is 5.82 Å². The van der Waals surface area contributed by atoms with Crippen molar-refractivity contribution in [3.8, 4) is 11.6 Å². The Balaban J connectivity index is 2.29. The van der Waals surface area contributed by atoms with Crippen LogP contribution in [-0.4, -0.2) is 17.0 Å². The highest BCUT2D eigenvalue weighted by Crippen LogP contribution is 2.25. The number of ether oxygens (including phenoxy) is 1. The predicted octanol–water partition coefficient (Wildman–Crippen LogP) is 3.54. The maximum absolute atomic E-state index is 13.5. The van der Waals surface area contributed by atoms with Crippen molar-refractivity contribution in [2.24, 2.45) is 0 Å². The van der Waals surface area contributed by atoms with Crippen molar-refractivity contribution in [3.63, 3.8) is 0 Å². The predicted molar refractivity (Wildman–Crippen MR) is 72.0 cm³/mol. The fraction of sp³-hybridized carbons (Fsp3) is 0.286. The molecule has 1 aromatic carbocycles. The molecule has 0 fully saturated rings. The number of rotatable bonds is 5. The topological polar surface area (TPSA) is 47.0 Å². The number of halogens is 2. The summed E-state index contributed by atoms with van der Waals surface area (Å²) < 4.78 is 31.7. The van der Waals surface area contributed by atoms with Gasteiger partial charge in [-0.25, -0.2) is 13.8 Å². The monoisotopic (exact) mass is 279 g/mol. The second-order valence-electron chi connectivity index (χ2n) is 4.18. The smallest absolute Gasteiger partial charge is 0.224 e. The van der Waals surface area contributed by atoms with Crippen LogP contribution in [0.25, 0.3) is 0 Å². The standard InChI is InChI=1S/C14H15F2N3O/c1-3-4-12-18-13(17-2)8-14(19-12)20-11-6-5-9(15)7-10(11)16/h5-8H,3-4H2,1-2H3,(H,17,18,19). The molecule has 1 aromatic heterocycles. The summed E-state index contributed by atoms with van der Waals surface area (Å²) in [6.07, 6.45) is 1.58. The zero-order chi connectivity index (χ0) is 14.5. The van der Waals surface area contributed by atoms with Crippen LogP contribution in [0.1, 0.15) is 19.2 Å². The third-order valence-corrected chi connectivity index (χ3v) is 2.59. The Kier molecular flexibility index (Phi) is 4.45. The maximum atomic E-state index is 13.5. The highest BCUT2D eigenvalue weighted by Gasteiger charge is 2.09. The Hall–Kier alpha value is -2.24. The summed E-state index contributed by atoms with van der Waals surface area (Å²) in [5.74, 6) is -0.0856. The Morgan fingerprint density at radius 3 is 2.65 bits per heavy atom. The largest absolute Gasteiger partial charge is 0.436 e. The van der Waals surface area contributed by atoms with Gasteiger partial charge in [-0.05, 0) is 18.6 Å². The van der Waals surface area contributed by atoms with Gasteiger partial charge < -0.3 is 10.1 Å². The van der Waals surface area contributed by atoms with Gasteiger partial charge in [0.1, 0.15) is 17.5 Å². The first-order valence-electron chi connectivity index (χ1n) is 6.31. The molecule has 0 amide bonds. The third-order valence-electron chi connectivity index (χ3n) is 2.59. The van der Waals surface area contributed by atoms with Crippen LogP contribution in [0.5, 0.6) is 11.6 Å². The highest BCUT2D eigenvalue weighted by molar-refractivity contribution is 5.39. The lowest BCUT2D eigenvalue weighted by Gasteiger charge is -2.09. The first-order valence-corrected chi connectivity index (χ1v) is 6.31. The summed E-state index contributed by atoms with van der Waals surface area (Å²) in [4.78, 5) is 8.46. The molecule has 0 saturated carbocycles. The lowest BCUT2D eigenvalue weighted by molar-refractivity contribution is 0.421. The minimum absolute atomic E-state index is 0.0744. The van der Waals surface area contributed by atoms with E-state index < -0.39 is 11.6 Å². The molecule has 4 nitrogen and oxygen atoms in total. The van der Waals surface area contributed by atoms with Gasteiger partial charge in [0.2, 0.25) is 5.88 Å². The van der Waals surface area contributed by atoms with Crippen LogP contribution >= 0.6 is 0 Å². The van der Waals surface area contributed by atoms with Crippen molar-refractivity contribution in [2.75, 3.05) is 12.4 Å². The minimum Gasteiger partial charge on any atom is -0.436 e. The van der Waals surface area contributed by atoms with Gasteiger partial charge in [0.05, 0.1) is 0 Å². The molecule has 0 aliphatic heterocycles. The van der Waals surface area contributed by atoms with E-state index in [1.165, 1.54) is 6.07 Å². The van der Waals surface area contributed by atoms with E-state index >= 15 is 0 Å². The normalized spacial score (nSPS) is 10.4. The van der Waals surface area contributed by atoms with Crippen LogP contribution in [-0.2, 0) is 6.42 Å². The second-order valence-corrected chi connectivity index (χ2v) is 4.18. The summed E-state index contributed by atoms with van der Waals surface area (Å²) in [5, 5.41) is 2.89. The first-order chi connectivity index (χ1) is 9.62. The fourth-order valence-corrected chi connectivity index (χ4v) is 1.66. The third kappa shape index (κ3) is 3.40. The maximum Gasteiger partial charge on any atom is 0.224 e. The lowest BCUT2D eigenvalue weighted by Crippen LogP contribution is -2.02. The quantitative estimate of drug-likeness (QED) is 0.909. The molecule has 0 atom stereocenters. The SMILES string of the molecule is CCCc1nc(NC)cc(Oc2ccc(F)cc2F)n1. The van der Waals surface area contributed by atoms with E-state index in [1.54, 1.807) is 13.1 Å². The average Bonchev–Trinajstić information content (AvgIpc) is 2.42. The molecule has 0 unspecified atom stereocenters.